The molecule has 2 amide bonds. The number of nitrogens with zero attached hydrogens (tertiary/aromatic N) is 3. The second kappa shape index (κ2) is 8.24. The van der Waals surface area contributed by atoms with Crippen molar-refractivity contribution in [3.05, 3.63) is 78.4 Å². The largest absolute Gasteiger partial charge is 0.348 e. The Morgan fingerprint density at radius 3 is 2.62 bits per heavy atom. The minimum absolute atomic E-state index is 0.104. The molecule has 3 N–H and O–H groups in total. The van der Waals surface area contributed by atoms with Gasteiger partial charge in [0.15, 0.2) is 0 Å². The average molecular weight is 390 g/mol. The lowest BCUT2D eigenvalue weighted by Crippen LogP contribution is -2.56. The van der Waals surface area contributed by atoms with Crippen LogP contribution in [0, 0.1) is 0 Å². The van der Waals surface area contributed by atoms with E-state index in [1.54, 1.807) is 11.0 Å². The Labute approximate surface area is 168 Å². The van der Waals surface area contributed by atoms with Crippen molar-refractivity contribution < 1.29 is 9.59 Å². The molecule has 0 saturated carbocycles. The maximum absolute atomic E-state index is 12.8. The van der Waals surface area contributed by atoms with Crippen LogP contribution in [-0.4, -0.2) is 32.6 Å². The van der Waals surface area contributed by atoms with Gasteiger partial charge in [0.1, 0.15) is 18.8 Å². The zero-order valence-corrected chi connectivity index (χ0v) is 15.9. The van der Waals surface area contributed by atoms with Crippen LogP contribution in [0.25, 0.3) is 5.69 Å². The van der Waals surface area contributed by atoms with E-state index in [0.717, 1.165) is 16.8 Å². The first kappa shape index (κ1) is 18.8. The predicted octanol–water partition coefficient (Wildman–Crippen LogP) is 1.62. The van der Waals surface area contributed by atoms with Crippen LogP contribution in [0.4, 0.5) is 0 Å². The first-order valence-electron chi connectivity index (χ1n) is 9.46. The fourth-order valence-corrected chi connectivity index (χ4v) is 3.36. The number of hydrogen-bond acceptors (Lipinski definition) is 5. The second-order valence-electron chi connectivity index (χ2n) is 7.00. The van der Waals surface area contributed by atoms with Crippen molar-refractivity contribution in [1.29, 1.82) is 0 Å². The van der Waals surface area contributed by atoms with Gasteiger partial charge in [-0.05, 0) is 30.2 Å². The molecule has 148 valence electrons. The molecule has 1 aromatic heterocycles. The number of nitrogens with one attached hydrogen (secondary N) is 3. The summed E-state index contributed by atoms with van der Waals surface area (Å²) in [5.74, 6) is -0.351. The standard InChI is InChI=1S/C21H22N6O2/c1-14(15-7-9-17(10-8-15)27-13-22-12-23-27)24-21(29)18-11-19(28)26-20(25-18)16-5-3-2-4-6-16/h2-10,12-14,18,20,25H,11H2,1H3,(H,24,29)(H,26,28). The average Bonchev–Trinajstić information content (AvgIpc) is 3.29. The summed E-state index contributed by atoms with van der Waals surface area (Å²) in [6.45, 7) is 1.92. The summed E-state index contributed by atoms with van der Waals surface area (Å²) in [6, 6.07) is 16.5. The van der Waals surface area contributed by atoms with Gasteiger partial charge in [0.25, 0.3) is 0 Å². The zero-order chi connectivity index (χ0) is 20.2. The first-order chi connectivity index (χ1) is 14.1. The molecule has 1 fully saturated rings. The van der Waals surface area contributed by atoms with Crippen LogP contribution in [0.1, 0.15) is 36.7 Å². The number of hydrogen-bond donors (Lipinski definition) is 3. The molecule has 1 saturated heterocycles. The van der Waals surface area contributed by atoms with E-state index in [1.807, 2.05) is 61.5 Å². The highest BCUT2D eigenvalue weighted by molar-refractivity contribution is 5.89. The predicted molar refractivity (Wildman–Crippen MR) is 107 cm³/mol. The topological polar surface area (TPSA) is 101 Å². The van der Waals surface area contributed by atoms with Gasteiger partial charge in [0.05, 0.1) is 24.2 Å². The van der Waals surface area contributed by atoms with E-state index < -0.39 is 6.04 Å². The normalized spacial score (nSPS) is 20.0. The van der Waals surface area contributed by atoms with Gasteiger partial charge in [-0.3, -0.25) is 14.9 Å². The molecule has 29 heavy (non-hydrogen) atoms. The fourth-order valence-electron chi connectivity index (χ4n) is 3.36. The quantitative estimate of drug-likeness (QED) is 0.615. The van der Waals surface area contributed by atoms with Crippen molar-refractivity contribution in [3.63, 3.8) is 0 Å². The number of carbonyl (C=O) groups is 2. The molecule has 2 heterocycles. The van der Waals surface area contributed by atoms with Crippen molar-refractivity contribution in [2.24, 2.45) is 0 Å². The van der Waals surface area contributed by atoms with E-state index in [0.29, 0.717) is 0 Å². The smallest absolute Gasteiger partial charge is 0.238 e. The number of benzene rings is 2. The third kappa shape index (κ3) is 4.33. The minimum Gasteiger partial charge on any atom is -0.348 e. The third-order valence-electron chi connectivity index (χ3n) is 4.95. The monoisotopic (exact) mass is 390 g/mol. The number of carbonyl (C=O) groups excluding carboxylic acids is 2. The molecule has 1 aliphatic rings. The van der Waals surface area contributed by atoms with E-state index in [2.05, 4.69) is 26.0 Å². The molecular weight excluding hydrogens is 368 g/mol. The van der Waals surface area contributed by atoms with Crippen LogP contribution in [-0.2, 0) is 9.59 Å². The lowest BCUT2D eigenvalue weighted by Gasteiger charge is -2.31. The molecule has 2 aromatic carbocycles. The Balaban J connectivity index is 1.40. The summed E-state index contributed by atoms with van der Waals surface area (Å²) >= 11 is 0. The molecular formula is C21H22N6O2. The first-order valence-corrected chi connectivity index (χ1v) is 9.46. The van der Waals surface area contributed by atoms with Gasteiger partial charge >= 0.3 is 0 Å². The van der Waals surface area contributed by atoms with Gasteiger partial charge in [-0.2, -0.15) is 5.10 Å². The molecule has 1 aliphatic heterocycles. The molecule has 4 rings (SSSR count). The van der Waals surface area contributed by atoms with Gasteiger partial charge in [0, 0.05) is 0 Å². The number of rotatable bonds is 5. The van der Waals surface area contributed by atoms with Gasteiger partial charge in [-0.1, -0.05) is 42.5 Å². The SMILES string of the molecule is CC(NC(=O)C1CC(=O)NC(c2ccccc2)N1)c1ccc(-n2cncn2)cc1. The Morgan fingerprint density at radius 2 is 1.93 bits per heavy atom. The maximum atomic E-state index is 12.8. The fraction of sp³-hybridized carbons (Fsp3) is 0.238. The number of aromatic nitrogens is 3. The highest BCUT2D eigenvalue weighted by Gasteiger charge is 2.31. The lowest BCUT2D eigenvalue weighted by molar-refractivity contribution is -0.132. The molecule has 0 aliphatic carbocycles. The van der Waals surface area contributed by atoms with Crippen LogP contribution in [0.2, 0.25) is 0 Å². The third-order valence-corrected chi connectivity index (χ3v) is 4.95. The molecule has 3 unspecified atom stereocenters. The molecule has 3 atom stereocenters. The van der Waals surface area contributed by atoms with Crippen molar-refractivity contribution >= 4 is 11.8 Å². The van der Waals surface area contributed by atoms with Crippen LogP contribution in [0.5, 0.6) is 0 Å². The summed E-state index contributed by atoms with van der Waals surface area (Å²) in [7, 11) is 0. The van der Waals surface area contributed by atoms with Crippen molar-refractivity contribution in [1.82, 2.24) is 30.7 Å². The van der Waals surface area contributed by atoms with Crippen molar-refractivity contribution in [3.8, 4) is 5.69 Å². The Bertz CT molecular complexity index is 972. The minimum atomic E-state index is -0.592. The Hall–Kier alpha value is -3.52. The molecule has 0 radical (unpaired) electrons. The van der Waals surface area contributed by atoms with Crippen LogP contribution >= 0.6 is 0 Å². The summed E-state index contributed by atoms with van der Waals surface area (Å²) in [6.07, 6.45) is 2.83. The molecule has 0 spiro atoms. The molecule has 3 aromatic rings. The highest BCUT2D eigenvalue weighted by atomic mass is 16.2. The van der Waals surface area contributed by atoms with E-state index >= 15 is 0 Å². The maximum Gasteiger partial charge on any atom is 0.238 e. The summed E-state index contributed by atoms with van der Waals surface area (Å²) in [5.41, 5.74) is 2.76. The van der Waals surface area contributed by atoms with Crippen LogP contribution < -0.4 is 16.0 Å². The van der Waals surface area contributed by atoms with Crippen LogP contribution in [0.3, 0.4) is 0 Å². The highest BCUT2D eigenvalue weighted by Crippen LogP contribution is 2.18. The van der Waals surface area contributed by atoms with Gasteiger partial charge < -0.3 is 10.6 Å². The van der Waals surface area contributed by atoms with Gasteiger partial charge in [-0.25, -0.2) is 9.67 Å². The summed E-state index contributed by atoms with van der Waals surface area (Å²) in [5, 5.41) is 13.2. The van der Waals surface area contributed by atoms with E-state index in [1.165, 1.54) is 6.33 Å². The molecule has 0 bridgehead atoms. The molecule has 8 nitrogen and oxygen atoms in total. The number of amides is 2. The van der Waals surface area contributed by atoms with Crippen molar-refractivity contribution in [2.45, 2.75) is 31.6 Å². The Kier molecular flexibility index (Phi) is 5.35. The van der Waals surface area contributed by atoms with Gasteiger partial charge in [-0.15, -0.1) is 0 Å². The zero-order valence-electron chi connectivity index (χ0n) is 15.9. The van der Waals surface area contributed by atoms with Crippen LogP contribution in [0.15, 0.2) is 67.3 Å². The van der Waals surface area contributed by atoms with Crippen molar-refractivity contribution in [2.75, 3.05) is 0 Å². The van der Waals surface area contributed by atoms with E-state index in [9.17, 15) is 9.59 Å². The van der Waals surface area contributed by atoms with E-state index in [4.69, 9.17) is 0 Å². The summed E-state index contributed by atoms with van der Waals surface area (Å²) in [4.78, 5) is 28.8. The van der Waals surface area contributed by atoms with E-state index in [-0.39, 0.29) is 30.4 Å². The van der Waals surface area contributed by atoms with Gasteiger partial charge in [0.2, 0.25) is 11.8 Å². The lowest BCUT2D eigenvalue weighted by atomic mass is 10.0. The second-order valence-corrected chi connectivity index (χ2v) is 7.00. The Morgan fingerprint density at radius 1 is 1.17 bits per heavy atom. The molecule has 8 heteroatoms. The summed E-state index contributed by atoms with van der Waals surface area (Å²) < 4.78 is 1.67.